The fraction of sp³-hybridized carbons (Fsp3) is 0.353. The van der Waals surface area contributed by atoms with Crippen LogP contribution in [0.1, 0.15) is 29.2 Å². The van der Waals surface area contributed by atoms with Gasteiger partial charge in [-0.05, 0) is 43.5 Å². The Morgan fingerprint density at radius 1 is 1.16 bits per heavy atom. The molecule has 1 aromatic heterocycles. The molecule has 3 rings (SSSR count). The summed E-state index contributed by atoms with van der Waals surface area (Å²) in [4.78, 5) is 4.44. The van der Waals surface area contributed by atoms with Gasteiger partial charge in [0, 0.05) is 23.9 Å². The van der Waals surface area contributed by atoms with Gasteiger partial charge in [-0.3, -0.25) is 4.98 Å². The minimum absolute atomic E-state index is 0.534. The molecular weight excluding hydrogens is 232 g/mol. The first-order valence-corrected chi connectivity index (χ1v) is 7.03. The number of aryl methyl sites for hydroxylation is 1. The van der Waals surface area contributed by atoms with Crippen molar-refractivity contribution in [1.82, 2.24) is 10.3 Å². The highest BCUT2D eigenvalue weighted by Crippen LogP contribution is 2.29. The molecule has 0 radical (unpaired) electrons. The fourth-order valence-electron chi connectivity index (χ4n) is 2.95. The highest BCUT2D eigenvalue weighted by Gasteiger charge is 2.28. The molecule has 1 aromatic carbocycles. The Balaban J connectivity index is 1.76. The van der Waals surface area contributed by atoms with Crippen molar-refractivity contribution >= 4 is 0 Å². The van der Waals surface area contributed by atoms with Gasteiger partial charge in [-0.25, -0.2) is 0 Å². The normalized spacial score (nSPS) is 22.6. The van der Waals surface area contributed by atoms with E-state index in [2.05, 4.69) is 52.8 Å². The lowest BCUT2D eigenvalue weighted by molar-refractivity contribution is 0.543. The first kappa shape index (κ1) is 12.4. The van der Waals surface area contributed by atoms with Crippen molar-refractivity contribution in [2.75, 3.05) is 6.54 Å². The van der Waals surface area contributed by atoms with Crippen LogP contribution in [0.5, 0.6) is 0 Å². The SMILES string of the molecule is Cc1ccc(C2CCNC2Cc2ccccc2)cn1. The molecule has 2 atom stereocenters. The van der Waals surface area contributed by atoms with Crippen LogP contribution >= 0.6 is 0 Å². The second kappa shape index (κ2) is 5.54. The van der Waals surface area contributed by atoms with E-state index in [1.54, 1.807) is 0 Å². The van der Waals surface area contributed by atoms with Crippen molar-refractivity contribution in [1.29, 1.82) is 0 Å². The van der Waals surface area contributed by atoms with Crippen LogP contribution in [0.4, 0.5) is 0 Å². The van der Waals surface area contributed by atoms with E-state index in [9.17, 15) is 0 Å². The summed E-state index contributed by atoms with van der Waals surface area (Å²) in [5.74, 6) is 0.591. The van der Waals surface area contributed by atoms with Gasteiger partial charge in [0.2, 0.25) is 0 Å². The van der Waals surface area contributed by atoms with Crippen LogP contribution < -0.4 is 5.32 Å². The molecular formula is C17H20N2. The maximum Gasteiger partial charge on any atom is 0.0372 e. The quantitative estimate of drug-likeness (QED) is 0.908. The van der Waals surface area contributed by atoms with Gasteiger partial charge in [-0.15, -0.1) is 0 Å². The molecule has 1 aliphatic heterocycles. The van der Waals surface area contributed by atoms with Gasteiger partial charge < -0.3 is 5.32 Å². The molecule has 2 unspecified atom stereocenters. The van der Waals surface area contributed by atoms with Gasteiger partial charge in [0.1, 0.15) is 0 Å². The fourth-order valence-corrected chi connectivity index (χ4v) is 2.95. The minimum atomic E-state index is 0.534. The van der Waals surface area contributed by atoms with Gasteiger partial charge in [-0.1, -0.05) is 36.4 Å². The van der Waals surface area contributed by atoms with Crippen LogP contribution in [0, 0.1) is 6.92 Å². The van der Waals surface area contributed by atoms with Crippen molar-refractivity contribution in [3.8, 4) is 0 Å². The van der Waals surface area contributed by atoms with Gasteiger partial charge >= 0.3 is 0 Å². The summed E-state index contributed by atoms with van der Waals surface area (Å²) in [6.07, 6.45) is 4.35. The average Bonchev–Trinajstić information content (AvgIpc) is 2.89. The third-order valence-electron chi connectivity index (χ3n) is 4.01. The molecule has 1 saturated heterocycles. The lowest BCUT2D eigenvalue weighted by Gasteiger charge is -2.20. The predicted octanol–water partition coefficient (Wildman–Crippen LogP) is 3.08. The van der Waals surface area contributed by atoms with E-state index in [0.29, 0.717) is 12.0 Å². The highest BCUT2D eigenvalue weighted by molar-refractivity contribution is 5.24. The smallest absolute Gasteiger partial charge is 0.0372 e. The van der Waals surface area contributed by atoms with Gasteiger partial charge in [0.25, 0.3) is 0 Å². The molecule has 1 aliphatic rings. The van der Waals surface area contributed by atoms with Crippen molar-refractivity contribution in [2.24, 2.45) is 0 Å². The zero-order chi connectivity index (χ0) is 13.1. The van der Waals surface area contributed by atoms with Crippen LogP contribution in [0.15, 0.2) is 48.7 Å². The monoisotopic (exact) mass is 252 g/mol. The molecule has 1 fully saturated rings. The first-order valence-electron chi connectivity index (χ1n) is 7.03. The molecule has 2 heteroatoms. The van der Waals surface area contributed by atoms with Crippen LogP contribution in [-0.4, -0.2) is 17.6 Å². The summed E-state index contributed by atoms with van der Waals surface area (Å²) in [6, 6.07) is 15.6. The van der Waals surface area contributed by atoms with Gasteiger partial charge in [0.15, 0.2) is 0 Å². The number of rotatable bonds is 3. The van der Waals surface area contributed by atoms with E-state index in [4.69, 9.17) is 0 Å². The Bertz CT molecular complexity index is 519. The number of pyridine rings is 1. The van der Waals surface area contributed by atoms with Crippen molar-refractivity contribution in [3.05, 3.63) is 65.5 Å². The third kappa shape index (κ3) is 2.85. The number of benzene rings is 1. The molecule has 0 saturated carbocycles. The summed E-state index contributed by atoms with van der Waals surface area (Å²) < 4.78 is 0. The second-order valence-corrected chi connectivity index (χ2v) is 5.38. The maximum absolute atomic E-state index is 4.44. The van der Waals surface area contributed by atoms with Crippen molar-refractivity contribution in [3.63, 3.8) is 0 Å². The van der Waals surface area contributed by atoms with Crippen molar-refractivity contribution in [2.45, 2.75) is 31.7 Å². The largest absolute Gasteiger partial charge is 0.313 e. The zero-order valence-corrected chi connectivity index (χ0v) is 11.3. The molecule has 2 nitrogen and oxygen atoms in total. The lowest BCUT2D eigenvalue weighted by atomic mass is 9.89. The Labute approximate surface area is 114 Å². The summed E-state index contributed by atoms with van der Waals surface area (Å²) in [6.45, 7) is 3.15. The third-order valence-corrected chi connectivity index (χ3v) is 4.01. The summed E-state index contributed by atoms with van der Waals surface area (Å²) in [5.41, 5.74) is 3.87. The van der Waals surface area contributed by atoms with Crippen molar-refractivity contribution < 1.29 is 0 Å². The molecule has 2 aromatic rings. The first-order chi connectivity index (χ1) is 9.33. The summed E-state index contributed by atoms with van der Waals surface area (Å²) >= 11 is 0. The Morgan fingerprint density at radius 2 is 2.00 bits per heavy atom. The number of nitrogens with one attached hydrogen (secondary N) is 1. The second-order valence-electron chi connectivity index (χ2n) is 5.38. The minimum Gasteiger partial charge on any atom is -0.313 e. The van der Waals surface area contributed by atoms with E-state index in [-0.39, 0.29) is 0 Å². The highest BCUT2D eigenvalue weighted by atomic mass is 14.9. The van der Waals surface area contributed by atoms with Crippen LogP contribution in [0.2, 0.25) is 0 Å². The van der Waals surface area contributed by atoms with E-state index in [1.165, 1.54) is 17.5 Å². The van der Waals surface area contributed by atoms with E-state index in [0.717, 1.165) is 18.7 Å². The van der Waals surface area contributed by atoms with Crippen LogP contribution in [-0.2, 0) is 6.42 Å². The lowest BCUT2D eigenvalue weighted by Crippen LogP contribution is -2.28. The number of aromatic nitrogens is 1. The van der Waals surface area contributed by atoms with Crippen LogP contribution in [0.25, 0.3) is 0 Å². The maximum atomic E-state index is 4.44. The molecule has 0 spiro atoms. The Morgan fingerprint density at radius 3 is 2.74 bits per heavy atom. The zero-order valence-electron chi connectivity index (χ0n) is 11.3. The number of nitrogens with zero attached hydrogens (tertiary/aromatic N) is 1. The topological polar surface area (TPSA) is 24.9 Å². The number of hydrogen-bond donors (Lipinski definition) is 1. The Hall–Kier alpha value is -1.67. The average molecular weight is 252 g/mol. The Kier molecular flexibility index (Phi) is 3.60. The number of hydrogen-bond acceptors (Lipinski definition) is 2. The molecule has 98 valence electrons. The summed E-state index contributed by atoms with van der Waals surface area (Å²) in [7, 11) is 0. The van der Waals surface area contributed by atoms with E-state index in [1.807, 2.05) is 13.1 Å². The molecule has 0 bridgehead atoms. The van der Waals surface area contributed by atoms with Gasteiger partial charge in [0.05, 0.1) is 0 Å². The predicted molar refractivity (Wildman–Crippen MR) is 78.3 cm³/mol. The summed E-state index contributed by atoms with van der Waals surface area (Å²) in [5, 5.41) is 3.64. The standard InChI is InChI=1S/C17H20N2/c1-13-7-8-15(12-19-13)16-9-10-18-17(16)11-14-5-3-2-4-6-14/h2-8,12,16-18H,9-11H2,1H3. The molecule has 19 heavy (non-hydrogen) atoms. The molecule has 2 heterocycles. The van der Waals surface area contributed by atoms with E-state index >= 15 is 0 Å². The van der Waals surface area contributed by atoms with E-state index < -0.39 is 0 Å². The molecule has 0 amide bonds. The van der Waals surface area contributed by atoms with Gasteiger partial charge in [-0.2, -0.15) is 0 Å². The molecule has 0 aliphatic carbocycles. The molecule has 1 N–H and O–H groups in total. The van der Waals surface area contributed by atoms with Crippen LogP contribution in [0.3, 0.4) is 0 Å².